The van der Waals surface area contributed by atoms with Crippen LogP contribution in [0.3, 0.4) is 0 Å². The van der Waals surface area contributed by atoms with Gasteiger partial charge in [0.25, 0.3) is 0 Å². The number of halogens is 1. The van der Waals surface area contributed by atoms with Gasteiger partial charge in [0.2, 0.25) is 0 Å². The van der Waals surface area contributed by atoms with E-state index in [1.54, 1.807) is 17.8 Å². The molecule has 1 atom stereocenters. The third kappa shape index (κ3) is 4.00. The van der Waals surface area contributed by atoms with Gasteiger partial charge in [0, 0.05) is 18.2 Å². The van der Waals surface area contributed by atoms with Crippen molar-refractivity contribution in [2.75, 3.05) is 30.2 Å². The summed E-state index contributed by atoms with van der Waals surface area (Å²) in [5.74, 6) is 1.19. The Bertz CT molecular complexity index is 374. The van der Waals surface area contributed by atoms with Crippen LogP contribution in [0.15, 0.2) is 12.1 Å². The van der Waals surface area contributed by atoms with Crippen molar-refractivity contribution in [3.8, 4) is 5.75 Å². The van der Waals surface area contributed by atoms with E-state index in [1.165, 1.54) is 13.2 Å². The van der Waals surface area contributed by atoms with E-state index >= 15 is 0 Å². The van der Waals surface area contributed by atoms with E-state index in [-0.39, 0.29) is 11.9 Å². The summed E-state index contributed by atoms with van der Waals surface area (Å²) in [6.07, 6.45) is 3.03. The highest BCUT2D eigenvalue weighted by atomic mass is 32.2. The molecule has 1 aromatic carbocycles. The first-order valence-corrected chi connectivity index (χ1v) is 6.86. The maximum atomic E-state index is 13.6. The molecule has 5 heteroatoms. The predicted molar refractivity (Wildman–Crippen MR) is 73.4 cm³/mol. The quantitative estimate of drug-likeness (QED) is 0.770. The molecule has 1 rings (SSSR count). The van der Waals surface area contributed by atoms with E-state index in [0.29, 0.717) is 17.1 Å². The molecule has 0 aliphatic carbocycles. The predicted octanol–water partition coefficient (Wildman–Crippen LogP) is 2.97. The van der Waals surface area contributed by atoms with E-state index in [0.717, 1.165) is 12.2 Å². The zero-order chi connectivity index (χ0) is 12.8. The number of thioether (sulfide) groups is 1. The van der Waals surface area contributed by atoms with E-state index in [1.807, 2.05) is 6.92 Å². The molecular formula is C12H19FN2OS. The maximum Gasteiger partial charge on any atom is 0.148 e. The molecule has 17 heavy (non-hydrogen) atoms. The summed E-state index contributed by atoms with van der Waals surface area (Å²) in [6, 6.07) is 3.09. The van der Waals surface area contributed by atoms with Crippen LogP contribution in [0.25, 0.3) is 0 Å². The van der Waals surface area contributed by atoms with Crippen LogP contribution >= 0.6 is 11.8 Å². The number of hydrogen-bond acceptors (Lipinski definition) is 4. The third-order valence-corrected chi connectivity index (χ3v) is 3.12. The van der Waals surface area contributed by atoms with Crippen LogP contribution in [0.1, 0.15) is 13.3 Å². The van der Waals surface area contributed by atoms with Gasteiger partial charge in [-0.3, -0.25) is 0 Å². The monoisotopic (exact) mass is 258 g/mol. The molecule has 0 spiro atoms. The molecule has 3 N–H and O–H groups in total. The Kier molecular flexibility index (Phi) is 5.41. The van der Waals surface area contributed by atoms with Crippen LogP contribution in [0, 0.1) is 5.82 Å². The Balaban J connectivity index is 2.76. The lowest BCUT2D eigenvalue weighted by atomic mass is 10.2. The van der Waals surface area contributed by atoms with Crippen molar-refractivity contribution >= 4 is 23.1 Å². The summed E-state index contributed by atoms with van der Waals surface area (Å²) in [6.45, 7) is 2.03. The summed E-state index contributed by atoms with van der Waals surface area (Å²) < 4.78 is 18.7. The lowest BCUT2D eigenvalue weighted by molar-refractivity contribution is 0.416. The van der Waals surface area contributed by atoms with Gasteiger partial charge in [0.1, 0.15) is 11.6 Å². The molecule has 96 valence electrons. The number of ether oxygens (including phenoxy) is 1. The van der Waals surface area contributed by atoms with Crippen LogP contribution in [0.4, 0.5) is 15.8 Å². The number of nitrogen functional groups attached to an aromatic ring is 1. The first-order valence-electron chi connectivity index (χ1n) is 5.47. The van der Waals surface area contributed by atoms with Crippen LogP contribution in [-0.4, -0.2) is 25.2 Å². The number of nitrogens with two attached hydrogens (primary N) is 1. The minimum absolute atomic E-state index is 0.213. The number of methoxy groups -OCH3 is 1. The van der Waals surface area contributed by atoms with Gasteiger partial charge >= 0.3 is 0 Å². The van der Waals surface area contributed by atoms with Gasteiger partial charge in [-0.1, -0.05) is 0 Å². The molecule has 0 heterocycles. The molecule has 1 aromatic rings. The second-order valence-electron chi connectivity index (χ2n) is 3.90. The third-order valence-electron chi connectivity index (χ3n) is 2.48. The molecule has 0 saturated carbocycles. The smallest absolute Gasteiger partial charge is 0.148 e. The second-order valence-corrected chi connectivity index (χ2v) is 4.89. The van der Waals surface area contributed by atoms with Gasteiger partial charge < -0.3 is 15.8 Å². The highest BCUT2D eigenvalue weighted by molar-refractivity contribution is 7.98. The van der Waals surface area contributed by atoms with Gasteiger partial charge in [0.15, 0.2) is 0 Å². The van der Waals surface area contributed by atoms with Crippen molar-refractivity contribution in [3.05, 3.63) is 17.9 Å². The molecule has 3 nitrogen and oxygen atoms in total. The topological polar surface area (TPSA) is 47.3 Å². The Morgan fingerprint density at radius 1 is 1.53 bits per heavy atom. The second kappa shape index (κ2) is 6.59. The average Bonchev–Trinajstić information content (AvgIpc) is 2.30. The highest BCUT2D eigenvalue weighted by Crippen LogP contribution is 2.28. The Hall–Kier alpha value is -1.10. The summed E-state index contributed by atoms with van der Waals surface area (Å²) >= 11 is 1.78. The normalized spacial score (nSPS) is 12.2. The van der Waals surface area contributed by atoms with Crippen LogP contribution in [0.5, 0.6) is 5.75 Å². The maximum absolute atomic E-state index is 13.6. The number of anilines is 2. The Labute approximate surface area is 106 Å². The summed E-state index contributed by atoms with van der Waals surface area (Å²) in [5, 5.41) is 3.12. The lowest BCUT2D eigenvalue weighted by Gasteiger charge is -2.16. The first-order chi connectivity index (χ1) is 8.08. The molecule has 0 radical (unpaired) electrons. The summed E-state index contributed by atoms with van der Waals surface area (Å²) in [4.78, 5) is 0. The van der Waals surface area contributed by atoms with Crippen molar-refractivity contribution in [2.24, 2.45) is 0 Å². The van der Waals surface area contributed by atoms with E-state index < -0.39 is 0 Å². The highest BCUT2D eigenvalue weighted by Gasteiger charge is 2.10. The van der Waals surface area contributed by atoms with E-state index in [9.17, 15) is 4.39 Å². The fraction of sp³-hybridized carbons (Fsp3) is 0.500. The standard InChI is InChI=1S/C12H19FN2OS/c1-8(4-5-17-3)15-11-7-12(16-2)10(14)6-9(11)13/h6-8,15H,4-5,14H2,1-3H3. The SMILES string of the molecule is COc1cc(NC(C)CCSC)c(F)cc1N. The van der Waals surface area contributed by atoms with E-state index in [4.69, 9.17) is 10.5 Å². The van der Waals surface area contributed by atoms with Crippen molar-refractivity contribution in [3.63, 3.8) is 0 Å². The number of nitrogens with one attached hydrogen (secondary N) is 1. The average molecular weight is 258 g/mol. The number of benzene rings is 1. The lowest BCUT2D eigenvalue weighted by Crippen LogP contribution is -2.17. The number of rotatable bonds is 6. The van der Waals surface area contributed by atoms with Gasteiger partial charge in [0.05, 0.1) is 18.5 Å². The van der Waals surface area contributed by atoms with Gasteiger partial charge in [-0.05, 0) is 25.4 Å². The largest absolute Gasteiger partial charge is 0.495 e. The molecular weight excluding hydrogens is 239 g/mol. The fourth-order valence-corrected chi connectivity index (χ4v) is 2.08. The number of hydrogen-bond donors (Lipinski definition) is 2. The van der Waals surface area contributed by atoms with Gasteiger partial charge in [-0.15, -0.1) is 0 Å². The van der Waals surface area contributed by atoms with Crippen molar-refractivity contribution in [1.29, 1.82) is 0 Å². The first kappa shape index (κ1) is 14.0. The van der Waals surface area contributed by atoms with Crippen LogP contribution < -0.4 is 15.8 Å². The minimum atomic E-state index is -0.348. The van der Waals surface area contributed by atoms with Crippen molar-refractivity contribution < 1.29 is 9.13 Å². The zero-order valence-corrected chi connectivity index (χ0v) is 11.2. The Morgan fingerprint density at radius 2 is 2.24 bits per heavy atom. The van der Waals surface area contributed by atoms with Gasteiger partial charge in [-0.2, -0.15) is 11.8 Å². The molecule has 0 aliphatic heterocycles. The molecule has 0 amide bonds. The fourth-order valence-electron chi connectivity index (χ4n) is 1.49. The van der Waals surface area contributed by atoms with Crippen molar-refractivity contribution in [1.82, 2.24) is 0 Å². The molecule has 0 saturated heterocycles. The molecule has 0 aliphatic rings. The minimum Gasteiger partial charge on any atom is -0.495 e. The zero-order valence-electron chi connectivity index (χ0n) is 10.4. The van der Waals surface area contributed by atoms with Crippen molar-refractivity contribution in [2.45, 2.75) is 19.4 Å². The van der Waals surface area contributed by atoms with Crippen LogP contribution in [0.2, 0.25) is 0 Å². The summed E-state index contributed by atoms with van der Waals surface area (Å²) in [7, 11) is 1.52. The molecule has 0 aromatic heterocycles. The molecule has 0 bridgehead atoms. The Morgan fingerprint density at radius 3 is 2.82 bits per heavy atom. The van der Waals surface area contributed by atoms with E-state index in [2.05, 4.69) is 11.6 Å². The molecule has 0 fully saturated rings. The summed E-state index contributed by atoms with van der Waals surface area (Å²) in [5.41, 5.74) is 6.36. The van der Waals surface area contributed by atoms with Crippen LogP contribution in [-0.2, 0) is 0 Å². The van der Waals surface area contributed by atoms with Gasteiger partial charge in [-0.25, -0.2) is 4.39 Å². The molecule has 1 unspecified atom stereocenters.